The van der Waals surface area contributed by atoms with Crippen LogP contribution in [0.5, 0.6) is 5.75 Å². The summed E-state index contributed by atoms with van der Waals surface area (Å²) >= 11 is 5.85. The van der Waals surface area contributed by atoms with Gasteiger partial charge in [0.05, 0.1) is 16.3 Å². The number of alkyl halides is 3. The number of anilines is 1. The number of hydrogen-bond acceptors (Lipinski definition) is 2. The largest absolute Gasteiger partial charge is 0.481 e. The number of amides is 1. The van der Waals surface area contributed by atoms with Crippen LogP contribution in [-0.2, 0) is 11.0 Å². The third-order valence-electron chi connectivity index (χ3n) is 3.22. The van der Waals surface area contributed by atoms with E-state index in [1.807, 2.05) is 13.0 Å². The van der Waals surface area contributed by atoms with Crippen molar-refractivity contribution < 1.29 is 22.7 Å². The minimum Gasteiger partial charge on any atom is -0.481 e. The van der Waals surface area contributed by atoms with Crippen molar-refractivity contribution >= 4 is 23.2 Å². The molecule has 0 unspecified atom stereocenters. The van der Waals surface area contributed by atoms with Crippen LogP contribution in [0.4, 0.5) is 18.9 Å². The van der Waals surface area contributed by atoms with Crippen molar-refractivity contribution in [2.45, 2.75) is 26.1 Å². The molecule has 0 spiro atoms. The van der Waals surface area contributed by atoms with Gasteiger partial charge in [-0.2, -0.15) is 13.2 Å². The van der Waals surface area contributed by atoms with Gasteiger partial charge in [0.1, 0.15) is 5.75 Å². The SMILES string of the molecule is Cc1cccc(O[C@H](C)C(=O)Nc2cc(C(F)(F)F)ccc2Cl)c1. The summed E-state index contributed by atoms with van der Waals surface area (Å²) in [7, 11) is 0. The number of rotatable bonds is 4. The van der Waals surface area contributed by atoms with E-state index >= 15 is 0 Å². The van der Waals surface area contributed by atoms with Gasteiger partial charge in [-0.1, -0.05) is 23.7 Å². The highest BCUT2D eigenvalue weighted by molar-refractivity contribution is 6.33. The monoisotopic (exact) mass is 357 g/mol. The molecule has 0 saturated heterocycles. The van der Waals surface area contributed by atoms with E-state index in [-0.39, 0.29) is 10.7 Å². The van der Waals surface area contributed by atoms with Crippen LogP contribution in [0.2, 0.25) is 5.02 Å². The van der Waals surface area contributed by atoms with E-state index in [0.717, 1.165) is 23.8 Å². The maximum absolute atomic E-state index is 12.7. The van der Waals surface area contributed by atoms with E-state index in [4.69, 9.17) is 16.3 Å². The summed E-state index contributed by atoms with van der Waals surface area (Å²) in [5, 5.41) is 2.37. The minimum atomic E-state index is -4.52. The van der Waals surface area contributed by atoms with Gasteiger partial charge in [-0.25, -0.2) is 0 Å². The lowest BCUT2D eigenvalue weighted by Crippen LogP contribution is -2.30. The first kappa shape index (κ1) is 18.1. The van der Waals surface area contributed by atoms with Gasteiger partial charge in [0.25, 0.3) is 5.91 Å². The van der Waals surface area contributed by atoms with Crippen molar-refractivity contribution in [3.05, 3.63) is 58.6 Å². The highest BCUT2D eigenvalue weighted by Crippen LogP contribution is 2.33. The van der Waals surface area contributed by atoms with Crippen LogP contribution in [0.1, 0.15) is 18.1 Å². The van der Waals surface area contributed by atoms with Gasteiger partial charge in [-0.05, 0) is 49.7 Å². The molecule has 0 aliphatic carbocycles. The summed E-state index contributed by atoms with van der Waals surface area (Å²) < 4.78 is 43.7. The molecule has 2 aromatic rings. The summed E-state index contributed by atoms with van der Waals surface area (Å²) in [4.78, 5) is 12.1. The summed E-state index contributed by atoms with van der Waals surface area (Å²) in [5.41, 5.74) is -0.0494. The van der Waals surface area contributed by atoms with Gasteiger partial charge in [-0.15, -0.1) is 0 Å². The average molecular weight is 358 g/mol. The zero-order valence-corrected chi connectivity index (χ0v) is 13.7. The second-order valence-electron chi connectivity index (χ2n) is 5.26. The molecular formula is C17H15ClF3NO2. The molecule has 0 fully saturated rings. The number of aryl methyl sites for hydroxylation is 1. The van der Waals surface area contributed by atoms with Gasteiger partial charge >= 0.3 is 6.18 Å². The number of carbonyl (C=O) groups is 1. The fourth-order valence-corrected chi connectivity index (χ4v) is 2.14. The van der Waals surface area contributed by atoms with Gasteiger partial charge < -0.3 is 10.1 Å². The Balaban J connectivity index is 2.11. The first-order valence-corrected chi connectivity index (χ1v) is 7.45. The van der Waals surface area contributed by atoms with E-state index in [2.05, 4.69) is 5.32 Å². The summed E-state index contributed by atoms with van der Waals surface area (Å²) in [6.07, 6.45) is -5.43. The highest BCUT2D eigenvalue weighted by atomic mass is 35.5. The van der Waals surface area contributed by atoms with Crippen molar-refractivity contribution in [2.75, 3.05) is 5.32 Å². The highest BCUT2D eigenvalue weighted by Gasteiger charge is 2.31. The predicted octanol–water partition coefficient (Wildman–Crippen LogP) is 5.07. The van der Waals surface area contributed by atoms with E-state index in [9.17, 15) is 18.0 Å². The number of carbonyl (C=O) groups excluding carboxylic acids is 1. The molecule has 1 atom stereocenters. The topological polar surface area (TPSA) is 38.3 Å². The Kier molecular flexibility index (Phi) is 5.39. The van der Waals surface area contributed by atoms with Crippen LogP contribution in [-0.4, -0.2) is 12.0 Å². The van der Waals surface area contributed by atoms with E-state index < -0.39 is 23.8 Å². The van der Waals surface area contributed by atoms with E-state index in [1.165, 1.54) is 6.92 Å². The molecule has 0 bridgehead atoms. The Hall–Kier alpha value is -2.21. The Bertz CT molecular complexity index is 747. The molecule has 1 N–H and O–H groups in total. The Morgan fingerprint density at radius 3 is 2.54 bits per heavy atom. The average Bonchev–Trinajstić information content (AvgIpc) is 2.48. The zero-order valence-electron chi connectivity index (χ0n) is 12.9. The number of benzene rings is 2. The fraction of sp³-hybridized carbons (Fsp3) is 0.235. The molecule has 0 heterocycles. The third kappa shape index (κ3) is 4.64. The van der Waals surface area contributed by atoms with Crippen molar-refractivity contribution in [3.63, 3.8) is 0 Å². The molecule has 0 aliphatic heterocycles. The number of hydrogen-bond donors (Lipinski definition) is 1. The second-order valence-corrected chi connectivity index (χ2v) is 5.67. The number of nitrogens with one attached hydrogen (secondary N) is 1. The summed E-state index contributed by atoms with van der Waals surface area (Å²) in [6.45, 7) is 3.37. The quantitative estimate of drug-likeness (QED) is 0.829. The normalized spacial score (nSPS) is 12.6. The Morgan fingerprint density at radius 2 is 1.92 bits per heavy atom. The van der Waals surface area contributed by atoms with Crippen LogP contribution >= 0.6 is 11.6 Å². The lowest BCUT2D eigenvalue weighted by molar-refractivity contribution is -0.137. The second kappa shape index (κ2) is 7.13. The summed E-state index contributed by atoms with van der Waals surface area (Å²) in [5.74, 6) is -0.106. The molecule has 0 aliphatic rings. The lowest BCUT2D eigenvalue weighted by atomic mass is 10.2. The smallest absolute Gasteiger partial charge is 0.416 e. The van der Waals surface area contributed by atoms with Gasteiger partial charge in [0.15, 0.2) is 6.10 Å². The first-order valence-electron chi connectivity index (χ1n) is 7.08. The molecule has 7 heteroatoms. The van der Waals surface area contributed by atoms with E-state index in [1.54, 1.807) is 18.2 Å². The van der Waals surface area contributed by atoms with Crippen molar-refractivity contribution in [2.24, 2.45) is 0 Å². The van der Waals surface area contributed by atoms with Crippen molar-refractivity contribution in [1.82, 2.24) is 0 Å². The van der Waals surface area contributed by atoms with Gasteiger partial charge in [0.2, 0.25) is 0 Å². The standard InChI is InChI=1S/C17H15ClF3NO2/c1-10-4-3-5-13(8-10)24-11(2)16(23)22-15-9-12(17(19,20)21)6-7-14(15)18/h3-9,11H,1-2H3,(H,22,23)/t11-/m1/s1. The van der Waals surface area contributed by atoms with E-state index in [0.29, 0.717) is 5.75 Å². The maximum Gasteiger partial charge on any atom is 0.416 e. The Morgan fingerprint density at radius 1 is 1.21 bits per heavy atom. The molecule has 0 saturated carbocycles. The fourth-order valence-electron chi connectivity index (χ4n) is 1.98. The van der Waals surface area contributed by atoms with Crippen LogP contribution in [0.25, 0.3) is 0 Å². The summed E-state index contributed by atoms with van der Waals surface area (Å²) in [6, 6.07) is 9.82. The van der Waals surface area contributed by atoms with Crippen LogP contribution in [0.3, 0.4) is 0 Å². The maximum atomic E-state index is 12.7. The number of halogens is 4. The Labute approximate surface area is 142 Å². The minimum absolute atomic E-state index is 0.0131. The molecule has 1 amide bonds. The molecule has 128 valence electrons. The molecule has 2 rings (SSSR count). The van der Waals surface area contributed by atoms with Crippen molar-refractivity contribution in [3.8, 4) is 5.75 Å². The van der Waals surface area contributed by atoms with Crippen LogP contribution in [0.15, 0.2) is 42.5 Å². The lowest BCUT2D eigenvalue weighted by Gasteiger charge is -2.16. The number of ether oxygens (including phenoxy) is 1. The molecule has 0 aromatic heterocycles. The first-order chi connectivity index (χ1) is 11.2. The van der Waals surface area contributed by atoms with Crippen molar-refractivity contribution in [1.29, 1.82) is 0 Å². The molecule has 24 heavy (non-hydrogen) atoms. The van der Waals surface area contributed by atoms with Crippen LogP contribution in [0, 0.1) is 6.92 Å². The molecular weight excluding hydrogens is 343 g/mol. The molecule has 3 nitrogen and oxygen atoms in total. The molecule has 0 radical (unpaired) electrons. The van der Waals surface area contributed by atoms with Gasteiger partial charge in [-0.3, -0.25) is 4.79 Å². The third-order valence-corrected chi connectivity index (χ3v) is 3.55. The zero-order chi connectivity index (χ0) is 17.9. The predicted molar refractivity (Wildman–Crippen MR) is 86.4 cm³/mol. The van der Waals surface area contributed by atoms with Crippen LogP contribution < -0.4 is 10.1 Å². The van der Waals surface area contributed by atoms with Gasteiger partial charge in [0, 0.05) is 0 Å². The molecule has 2 aromatic carbocycles.